The lowest BCUT2D eigenvalue weighted by Gasteiger charge is -2.31. The number of hydrogen-bond acceptors (Lipinski definition) is 2. The van der Waals surface area contributed by atoms with Crippen molar-refractivity contribution in [2.24, 2.45) is 0 Å². The predicted octanol–water partition coefficient (Wildman–Crippen LogP) is 4.58. The molecule has 0 bridgehead atoms. The number of piperidine rings is 1. The SMILES string of the molecule is CC(C)(C)OC(=O)N1CCC(=CCCc2ccccc2)CC1. The Hall–Kier alpha value is -1.77. The van der Waals surface area contributed by atoms with E-state index in [2.05, 4.69) is 30.3 Å². The Morgan fingerprint density at radius 3 is 2.41 bits per heavy atom. The Bertz CT molecular complexity index is 504. The van der Waals surface area contributed by atoms with Crippen LogP contribution in [0.1, 0.15) is 45.6 Å². The molecule has 0 aliphatic carbocycles. The average Bonchev–Trinajstić information content (AvgIpc) is 2.47. The molecule has 1 saturated heterocycles. The smallest absolute Gasteiger partial charge is 0.410 e. The van der Waals surface area contributed by atoms with Crippen LogP contribution in [0, 0.1) is 0 Å². The summed E-state index contributed by atoms with van der Waals surface area (Å²) in [6.45, 7) is 7.26. The molecule has 1 aromatic carbocycles. The van der Waals surface area contributed by atoms with Crippen LogP contribution < -0.4 is 0 Å². The lowest BCUT2D eigenvalue weighted by molar-refractivity contribution is 0.0236. The van der Waals surface area contributed by atoms with Gasteiger partial charge in [0.2, 0.25) is 0 Å². The molecule has 0 radical (unpaired) electrons. The van der Waals surface area contributed by atoms with Crippen LogP contribution in [0.4, 0.5) is 4.79 Å². The maximum atomic E-state index is 12.0. The quantitative estimate of drug-likeness (QED) is 0.765. The number of ether oxygens (including phenoxy) is 1. The Balaban J connectivity index is 1.75. The minimum absolute atomic E-state index is 0.184. The van der Waals surface area contributed by atoms with Gasteiger partial charge in [-0.15, -0.1) is 0 Å². The van der Waals surface area contributed by atoms with Crippen molar-refractivity contribution >= 4 is 6.09 Å². The number of benzene rings is 1. The van der Waals surface area contributed by atoms with Gasteiger partial charge >= 0.3 is 6.09 Å². The molecule has 3 heteroatoms. The zero-order chi connectivity index (χ0) is 16.0. The van der Waals surface area contributed by atoms with E-state index in [4.69, 9.17) is 4.74 Å². The Morgan fingerprint density at radius 1 is 1.18 bits per heavy atom. The van der Waals surface area contributed by atoms with E-state index < -0.39 is 5.60 Å². The largest absolute Gasteiger partial charge is 0.444 e. The highest BCUT2D eigenvalue weighted by molar-refractivity contribution is 5.68. The highest BCUT2D eigenvalue weighted by atomic mass is 16.6. The van der Waals surface area contributed by atoms with Gasteiger partial charge in [0, 0.05) is 13.1 Å². The van der Waals surface area contributed by atoms with Gasteiger partial charge in [0.1, 0.15) is 5.60 Å². The average molecular weight is 301 g/mol. The van der Waals surface area contributed by atoms with Gasteiger partial charge in [-0.1, -0.05) is 42.0 Å². The van der Waals surface area contributed by atoms with Gasteiger partial charge in [-0.2, -0.15) is 0 Å². The van der Waals surface area contributed by atoms with Gasteiger partial charge in [0.05, 0.1) is 0 Å². The van der Waals surface area contributed by atoms with E-state index in [-0.39, 0.29) is 6.09 Å². The van der Waals surface area contributed by atoms with Crippen molar-refractivity contribution in [2.75, 3.05) is 13.1 Å². The lowest BCUT2D eigenvalue weighted by Crippen LogP contribution is -2.40. The number of nitrogens with zero attached hydrogens (tertiary/aromatic N) is 1. The van der Waals surface area contributed by atoms with Crippen LogP contribution in [0.25, 0.3) is 0 Å². The first kappa shape index (κ1) is 16.6. The molecule has 0 N–H and O–H groups in total. The van der Waals surface area contributed by atoms with Crippen molar-refractivity contribution in [1.82, 2.24) is 4.90 Å². The third kappa shape index (κ3) is 5.55. The molecule has 0 atom stereocenters. The molecule has 0 saturated carbocycles. The molecule has 1 aromatic rings. The van der Waals surface area contributed by atoms with Gasteiger partial charge in [0.25, 0.3) is 0 Å². The lowest BCUT2D eigenvalue weighted by atomic mass is 10.0. The minimum Gasteiger partial charge on any atom is -0.444 e. The normalized spacial score (nSPS) is 15.6. The first-order valence-electron chi connectivity index (χ1n) is 8.14. The highest BCUT2D eigenvalue weighted by Gasteiger charge is 2.24. The van der Waals surface area contributed by atoms with Crippen molar-refractivity contribution in [3.05, 3.63) is 47.5 Å². The van der Waals surface area contributed by atoms with E-state index in [1.807, 2.05) is 31.7 Å². The number of aryl methyl sites for hydroxylation is 1. The van der Waals surface area contributed by atoms with E-state index in [0.717, 1.165) is 38.8 Å². The monoisotopic (exact) mass is 301 g/mol. The first-order chi connectivity index (χ1) is 10.4. The third-order valence-corrected chi connectivity index (χ3v) is 3.77. The number of allylic oxidation sites excluding steroid dienone is 1. The van der Waals surface area contributed by atoms with Gasteiger partial charge in [0.15, 0.2) is 0 Å². The van der Waals surface area contributed by atoms with Gasteiger partial charge in [-0.3, -0.25) is 0 Å². The molecule has 1 aliphatic heterocycles. The van der Waals surface area contributed by atoms with Crippen LogP contribution in [-0.2, 0) is 11.2 Å². The van der Waals surface area contributed by atoms with E-state index in [1.54, 1.807) is 0 Å². The third-order valence-electron chi connectivity index (χ3n) is 3.77. The van der Waals surface area contributed by atoms with E-state index in [9.17, 15) is 4.79 Å². The molecule has 0 spiro atoms. The zero-order valence-electron chi connectivity index (χ0n) is 14.0. The molecule has 1 aliphatic rings. The Morgan fingerprint density at radius 2 is 1.82 bits per heavy atom. The van der Waals surface area contributed by atoms with E-state index >= 15 is 0 Å². The molecule has 1 amide bonds. The molecule has 22 heavy (non-hydrogen) atoms. The fourth-order valence-corrected chi connectivity index (χ4v) is 2.59. The van der Waals surface area contributed by atoms with Crippen molar-refractivity contribution in [2.45, 2.75) is 52.1 Å². The fraction of sp³-hybridized carbons (Fsp3) is 0.526. The zero-order valence-corrected chi connectivity index (χ0v) is 14.0. The van der Waals surface area contributed by atoms with Crippen LogP contribution in [0.3, 0.4) is 0 Å². The molecule has 0 unspecified atom stereocenters. The molecule has 1 fully saturated rings. The summed E-state index contributed by atoms with van der Waals surface area (Å²) in [6, 6.07) is 10.6. The molecular weight excluding hydrogens is 274 g/mol. The van der Waals surface area contributed by atoms with Crippen molar-refractivity contribution in [3.63, 3.8) is 0 Å². The van der Waals surface area contributed by atoms with Crippen LogP contribution in [0.15, 0.2) is 42.0 Å². The molecular formula is C19H27NO2. The van der Waals surface area contributed by atoms with Crippen molar-refractivity contribution in [3.8, 4) is 0 Å². The number of hydrogen-bond donors (Lipinski definition) is 0. The second-order valence-corrected chi connectivity index (χ2v) is 6.85. The second-order valence-electron chi connectivity index (χ2n) is 6.85. The molecule has 0 aromatic heterocycles. The summed E-state index contributed by atoms with van der Waals surface area (Å²) in [7, 11) is 0. The maximum Gasteiger partial charge on any atom is 0.410 e. The summed E-state index contributed by atoms with van der Waals surface area (Å²) in [6.07, 6.45) is 6.25. The standard InChI is InChI=1S/C19H27NO2/c1-19(2,3)22-18(21)20-14-12-17(13-15-20)11-7-10-16-8-5-4-6-9-16/h4-6,8-9,11H,7,10,12-15H2,1-3H3. The first-order valence-corrected chi connectivity index (χ1v) is 8.14. The maximum absolute atomic E-state index is 12.0. The van der Waals surface area contributed by atoms with Crippen LogP contribution in [0.5, 0.6) is 0 Å². The molecule has 2 rings (SSSR count). The topological polar surface area (TPSA) is 29.5 Å². The van der Waals surface area contributed by atoms with Gasteiger partial charge in [-0.05, 0) is 52.0 Å². The predicted molar refractivity (Wildman–Crippen MR) is 89.9 cm³/mol. The Labute approximate surface area is 134 Å². The molecule has 1 heterocycles. The minimum atomic E-state index is -0.414. The summed E-state index contributed by atoms with van der Waals surface area (Å²) in [5, 5.41) is 0. The fourth-order valence-electron chi connectivity index (χ4n) is 2.59. The summed E-state index contributed by atoms with van der Waals surface area (Å²) >= 11 is 0. The summed E-state index contributed by atoms with van der Waals surface area (Å²) < 4.78 is 5.42. The Kier molecular flexibility index (Phi) is 5.64. The number of carbonyl (C=O) groups is 1. The summed E-state index contributed by atoms with van der Waals surface area (Å²) in [5.74, 6) is 0. The molecule has 120 valence electrons. The molecule has 3 nitrogen and oxygen atoms in total. The number of carbonyl (C=O) groups excluding carboxylic acids is 1. The van der Waals surface area contributed by atoms with Gasteiger partial charge in [-0.25, -0.2) is 4.79 Å². The number of likely N-dealkylation sites (tertiary alicyclic amines) is 1. The van der Waals surface area contributed by atoms with Crippen LogP contribution in [-0.4, -0.2) is 29.7 Å². The summed E-state index contributed by atoms with van der Waals surface area (Å²) in [4.78, 5) is 13.8. The van der Waals surface area contributed by atoms with Gasteiger partial charge < -0.3 is 9.64 Å². The van der Waals surface area contributed by atoms with Crippen LogP contribution >= 0.6 is 0 Å². The number of rotatable bonds is 3. The van der Waals surface area contributed by atoms with E-state index in [1.165, 1.54) is 11.1 Å². The van der Waals surface area contributed by atoms with Crippen molar-refractivity contribution in [1.29, 1.82) is 0 Å². The highest BCUT2D eigenvalue weighted by Crippen LogP contribution is 2.19. The van der Waals surface area contributed by atoms with Crippen molar-refractivity contribution < 1.29 is 9.53 Å². The van der Waals surface area contributed by atoms with E-state index in [0.29, 0.717) is 0 Å². The second kappa shape index (κ2) is 7.48. The number of amides is 1. The van der Waals surface area contributed by atoms with Crippen LogP contribution in [0.2, 0.25) is 0 Å². The summed E-state index contributed by atoms with van der Waals surface area (Å²) in [5.41, 5.74) is 2.43.